The van der Waals surface area contributed by atoms with Crippen molar-refractivity contribution in [1.29, 1.82) is 0 Å². The van der Waals surface area contributed by atoms with Crippen LogP contribution in [0.2, 0.25) is 0 Å². The summed E-state index contributed by atoms with van der Waals surface area (Å²) in [5.74, 6) is -4.62. The van der Waals surface area contributed by atoms with Gasteiger partial charge in [0.05, 0.1) is 18.3 Å². The first-order valence-corrected chi connectivity index (χ1v) is 6.54. The van der Waals surface area contributed by atoms with E-state index in [0.29, 0.717) is 6.42 Å². The Morgan fingerprint density at radius 1 is 1.05 bits per heavy atom. The summed E-state index contributed by atoms with van der Waals surface area (Å²) in [6, 6.07) is 0. The van der Waals surface area contributed by atoms with Gasteiger partial charge < -0.3 is 9.47 Å². The van der Waals surface area contributed by atoms with Crippen LogP contribution in [0.5, 0.6) is 0 Å². The van der Waals surface area contributed by atoms with E-state index in [1.807, 2.05) is 0 Å². The minimum atomic E-state index is -0.719. The summed E-state index contributed by atoms with van der Waals surface area (Å²) in [4.78, 5) is 46.7. The molecule has 0 bridgehead atoms. The Morgan fingerprint density at radius 3 is 2.35 bits per heavy atom. The summed E-state index contributed by atoms with van der Waals surface area (Å²) >= 11 is 0. The van der Waals surface area contributed by atoms with E-state index in [4.69, 9.17) is 0 Å². The number of hydrogen-bond donors (Lipinski definition) is 0. The fraction of sp³-hybridized carbons (Fsp3) is 0.571. The van der Waals surface area contributed by atoms with Crippen LogP contribution in [0.15, 0.2) is 12.7 Å². The summed E-state index contributed by atoms with van der Waals surface area (Å²) in [5, 5.41) is 0. The Bertz CT molecular complexity index is 480. The van der Waals surface area contributed by atoms with Gasteiger partial charge in [-0.1, -0.05) is 13.0 Å². The van der Waals surface area contributed by atoms with Gasteiger partial charge in [-0.2, -0.15) is 0 Å². The van der Waals surface area contributed by atoms with E-state index in [-0.39, 0.29) is 18.8 Å². The van der Waals surface area contributed by atoms with Crippen molar-refractivity contribution in [3.63, 3.8) is 0 Å². The van der Waals surface area contributed by atoms with E-state index in [1.54, 1.807) is 6.92 Å². The largest absolute Gasteiger partial charge is 0.393 e. The molecule has 20 heavy (non-hydrogen) atoms. The van der Waals surface area contributed by atoms with Crippen molar-refractivity contribution in [3.8, 4) is 0 Å². The lowest BCUT2D eigenvalue weighted by Crippen LogP contribution is -2.31. The molecule has 6 nitrogen and oxygen atoms in total. The molecule has 0 radical (unpaired) electrons. The number of hydrogen-bond acceptors (Lipinski definition) is 6. The zero-order chi connectivity index (χ0) is 14.9. The minimum Gasteiger partial charge on any atom is -0.393 e. The molecule has 0 spiro atoms. The highest BCUT2D eigenvalue weighted by molar-refractivity contribution is 5.97. The van der Waals surface area contributed by atoms with E-state index >= 15 is 0 Å². The van der Waals surface area contributed by atoms with Gasteiger partial charge in [0.15, 0.2) is 0 Å². The molecule has 0 aromatic heterocycles. The molecule has 0 aromatic carbocycles. The lowest BCUT2D eigenvalue weighted by Gasteiger charge is -2.24. The third-order valence-corrected chi connectivity index (χ3v) is 3.78. The van der Waals surface area contributed by atoms with Crippen molar-refractivity contribution < 1.29 is 28.7 Å². The average Bonchev–Trinajstić information content (AvgIpc) is 2.60. The lowest BCUT2D eigenvalue weighted by molar-refractivity contribution is -0.161. The van der Waals surface area contributed by atoms with Gasteiger partial charge in [0, 0.05) is 12.3 Å². The van der Waals surface area contributed by atoms with Crippen LogP contribution in [0.1, 0.15) is 26.2 Å². The molecule has 0 amide bonds. The van der Waals surface area contributed by atoms with Crippen LogP contribution in [-0.2, 0) is 28.7 Å². The second-order valence-corrected chi connectivity index (χ2v) is 5.37. The third kappa shape index (κ3) is 2.79. The number of carbonyl (C=O) groups excluding carboxylic acids is 4. The van der Waals surface area contributed by atoms with Crippen molar-refractivity contribution in [2.75, 3.05) is 0 Å². The van der Waals surface area contributed by atoms with E-state index in [9.17, 15) is 19.2 Å². The van der Waals surface area contributed by atoms with E-state index in [1.165, 1.54) is 6.08 Å². The Labute approximate surface area is 116 Å². The molecule has 6 heteroatoms. The molecule has 2 heterocycles. The molecule has 0 N–H and O–H groups in total. The maximum Gasteiger partial charge on any atom is 0.318 e. The summed E-state index contributed by atoms with van der Waals surface area (Å²) < 4.78 is 9.36. The highest BCUT2D eigenvalue weighted by Crippen LogP contribution is 2.38. The van der Waals surface area contributed by atoms with Crippen molar-refractivity contribution in [1.82, 2.24) is 0 Å². The van der Waals surface area contributed by atoms with Crippen LogP contribution in [-0.4, -0.2) is 23.9 Å². The molecular weight excluding hydrogens is 264 g/mol. The summed E-state index contributed by atoms with van der Waals surface area (Å²) in [6.07, 6.45) is 1.67. The Morgan fingerprint density at radius 2 is 1.70 bits per heavy atom. The monoisotopic (exact) mass is 280 g/mol. The summed E-state index contributed by atoms with van der Waals surface area (Å²) in [7, 11) is 0. The number of fused-ring (bicyclic) bond motifs is 1. The van der Waals surface area contributed by atoms with Crippen LogP contribution >= 0.6 is 0 Å². The maximum atomic E-state index is 11.8. The lowest BCUT2D eigenvalue weighted by atomic mass is 9.77. The summed E-state index contributed by atoms with van der Waals surface area (Å²) in [6.45, 7) is 5.36. The molecule has 2 aliphatic rings. The molecule has 0 aromatic rings. The first-order valence-electron chi connectivity index (χ1n) is 6.54. The topological polar surface area (TPSA) is 86.7 Å². The Kier molecular flexibility index (Phi) is 4.01. The van der Waals surface area contributed by atoms with Crippen LogP contribution in [0, 0.1) is 23.7 Å². The molecule has 0 saturated carbocycles. The highest BCUT2D eigenvalue weighted by Gasteiger charge is 2.48. The minimum absolute atomic E-state index is 0.0369. The van der Waals surface area contributed by atoms with Gasteiger partial charge in [0.1, 0.15) is 0 Å². The Balaban J connectivity index is 2.32. The quantitative estimate of drug-likeness (QED) is 0.404. The molecule has 2 rings (SSSR count). The van der Waals surface area contributed by atoms with E-state index in [0.717, 1.165) is 0 Å². The van der Waals surface area contributed by atoms with Gasteiger partial charge in [0.25, 0.3) is 0 Å². The van der Waals surface area contributed by atoms with Crippen molar-refractivity contribution >= 4 is 23.9 Å². The number of rotatable bonds is 1. The number of esters is 4. The van der Waals surface area contributed by atoms with Gasteiger partial charge >= 0.3 is 23.9 Å². The van der Waals surface area contributed by atoms with Crippen molar-refractivity contribution in [2.24, 2.45) is 23.7 Å². The summed E-state index contributed by atoms with van der Waals surface area (Å²) in [5.41, 5.74) is 0. The second kappa shape index (κ2) is 5.56. The fourth-order valence-electron chi connectivity index (χ4n) is 2.83. The normalized spacial score (nSPS) is 35.0. The SMILES string of the molecule is C=CC1CC(=O)OC(=O)CC(C)CC2C(=O)OC(=O)C12. The average molecular weight is 280 g/mol. The van der Waals surface area contributed by atoms with Crippen LogP contribution in [0.3, 0.4) is 0 Å². The molecular formula is C14H16O6. The predicted molar refractivity (Wildman–Crippen MR) is 65.9 cm³/mol. The van der Waals surface area contributed by atoms with Gasteiger partial charge in [-0.25, -0.2) is 0 Å². The van der Waals surface area contributed by atoms with Crippen LogP contribution < -0.4 is 0 Å². The van der Waals surface area contributed by atoms with Gasteiger partial charge in [-0.3, -0.25) is 19.2 Å². The molecule has 0 aliphatic carbocycles. The number of cyclic esters (lactones) is 4. The van der Waals surface area contributed by atoms with Crippen molar-refractivity contribution in [2.45, 2.75) is 26.2 Å². The van der Waals surface area contributed by atoms with Gasteiger partial charge in [-0.05, 0) is 12.3 Å². The van der Waals surface area contributed by atoms with E-state index < -0.39 is 41.6 Å². The predicted octanol–water partition coefficient (Wildman–Crippen LogP) is 0.994. The fourth-order valence-corrected chi connectivity index (χ4v) is 2.83. The standard InChI is InChI=1S/C14H16O6/c1-3-8-6-11(16)19-10(15)5-7(2)4-9-12(8)14(18)20-13(9)17/h3,7-9,12H,1,4-6H2,2H3. The zero-order valence-electron chi connectivity index (χ0n) is 11.2. The van der Waals surface area contributed by atoms with Gasteiger partial charge in [-0.15, -0.1) is 6.58 Å². The molecule has 2 saturated heterocycles. The third-order valence-electron chi connectivity index (χ3n) is 3.78. The van der Waals surface area contributed by atoms with Gasteiger partial charge in [0.2, 0.25) is 0 Å². The number of carbonyl (C=O) groups is 4. The smallest absolute Gasteiger partial charge is 0.318 e. The first kappa shape index (κ1) is 14.4. The van der Waals surface area contributed by atoms with Crippen molar-refractivity contribution in [3.05, 3.63) is 12.7 Å². The highest BCUT2D eigenvalue weighted by atomic mass is 16.6. The Hall–Kier alpha value is -1.98. The second-order valence-electron chi connectivity index (χ2n) is 5.37. The molecule has 2 fully saturated rings. The first-order chi connectivity index (χ1) is 9.42. The molecule has 4 unspecified atom stereocenters. The van der Waals surface area contributed by atoms with Crippen LogP contribution in [0.25, 0.3) is 0 Å². The molecule has 2 aliphatic heterocycles. The molecule has 108 valence electrons. The number of ether oxygens (including phenoxy) is 2. The van der Waals surface area contributed by atoms with Crippen LogP contribution in [0.4, 0.5) is 0 Å². The van der Waals surface area contributed by atoms with E-state index in [2.05, 4.69) is 16.1 Å². The maximum absolute atomic E-state index is 11.8. The number of allylic oxidation sites excluding steroid dienone is 1. The molecule has 4 atom stereocenters. The zero-order valence-corrected chi connectivity index (χ0v) is 11.2.